The Morgan fingerprint density at radius 1 is 1.31 bits per heavy atom. The molecule has 0 aromatic rings. The van der Waals surface area contributed by atoms with Crippen molar-refractivity contribution in [1.82, 2.24) is 10.6 Å². The molecule has 4 heteroatoms. The zero-order valence-corrected chi connectivity index (χ0v) is 11.5. The lowest BCUT2D eigenvalue weighted by Gasteiger charge is -2.30. The molecule has 0 radical (unpaired) electrons. The van der Waals surface area contributed by atoms with E-state index in [2.05, 4.69) is 24.5 Å². The maximum atomic E-state index is 5.32. The molecular weight excluding hydrogens is 220 g/mol. The van der Waals surface area contributed by atoms with Gasteiger partial charge in [-0.15, -0.1) is 0 Å². The first-order valence-electron chi connectivity index (χ1n) is 6.11. The van der Waals surface area contributed by atoms with E-state index in [0.717, 1.165) is 5.11 Å². The molecule has 16 heavy (non-hydrogen) atoms. The first-order valence-corrected chi connectivity index (χ1v) is 6.52. The van der Waals surface area contributed by atoms with Crippen molar-refractivity contribution < 1.29 is 4.74 Å². The van der Waals surface area contributed by atoms with Gasteiger partial charge in [-0.3, -0.25) is 0 Å². The molecule has 1 rings (SSSR count). The highest BCUT2D eigenvalue weighted by Crippen LogP contribution is 2.17. The second-order valence-electron chi connectivity index (χ2n) is 5.25. The van der Waals surface area contributed by atoms with Gasteiger partial charge in [0.25, 0.3) is 0 Å². The largest absolute Gasteiger partial charge is 0.382 e. The summed E-state index contributed by atoms with van der Waals surface area (Å²) in [6.07, 6.45) is 6.50. The van der Waals surface area contributed by atoms with Crippen LogP contribution in [0.1, 0.15) is 46.0 Å². The summed E-state index contributed by atoms with van der Waals surface area (Å²) < 4.78 is 5.15. The number of methoxy groups -OCH3 is 1. The van der Waals surface area contributed by atoms with Crippen LogP contribution in [-0.4, -0.2) is 30.4 Å². The van der Waals surface area contributed by atoms with E-state index in [1.165, 1.54) is 32.1 Å². The normalized spacial score (nSPS) is 18.2. The highest BCUT2D eigenvalue weighted by atomic mass is 32.1. The Balaban J connectivity index is 2.28. The fourth-order valence-electron chi connectivity index (χ4n) is 2.17. The monoisotopic (exact) mass is 244 g/mol. The zero-order valence-electron chi connectivity index (χ0n) is 10.6. The topological polar surface area (TPSA) is 33.3 Å². The van der Waals surface area contributed by atoms with Crippen molar-refractivity contribution in [2.45, 2.75) is 57.5 Å². The molecule has 1 aliphatic carbocycles. The Hall–Kier alpha value is -0.350. The summed E-state index contributed by atoms with van der Waals surface area (Å²) in [6, 6.07) is 0.562. The Labute approximate surface area is 104 Å². The molecule has 3 nitrogen and oxygen atoms in total. The zero-order chi connectivity index (χ0) is 12.0. The Morgan fingerprint density at radius 3 is 2.50 bits per heavy atom. The highest BCUT2D eigenvalue weighted by Gasteiger charge is 2.20. The van der Waals surface area contributed by atoms with Crippen LogP contribution in [0.3, 0.4) is 0 Å². The van der Waals surface area contributed by atoms with Crippen molar-refractivity contribution in [3.05, 3.63) is 0 Å². The molecule has 0 heterocycles. The maximum absolute atomic E-state index is 5.32. The molecule has 0 bridgehead atoms. The van der Waals surface area contributed by atoms with Gasteiger partial charge in [0.15, 0.2) is 5.11 Å². The van der Waals surface area contributed by atoms with Crippen LogP contribution < -0.4 is 10.6 Å². The molecule has 0 spiro atoms. The van der Waals surface area contributed by atoms with Crippen LogP contribution in [0, 0.1) is 0 Å². The molecule has 0 atom stereocenters. The second kappa shape index (κ2) is 6.40. The minimum absolute atomic E-state index is 0.104. The summed E-state index contributed by atoms with van der Waals surface area (Å²) >= 11 is 5.32. The highest BCUT2D eigenvalue weighted by molar-refractivity contribution is 7.80. The molecule has 0 amide bonds. The van der Waals surface area contributed by atoms with Gasteiger partial charge in [-0.2, -0.15) is 0 Å². The lowest BCUT2D eigenvalue weighted by molar-refractivity contribution is 0.139. The molecule has 0 aliphatic heterocycles. The molecule has 0 unspecified atom stereocenters. The quantitative estimate of drug-likeness (QED) is 0.743. The van der Waals surface area contributed by atoms with E-state index in [9.17, 15) is 0 Å². The first kappa shape index (κ1) is 13.7. The fraction of sp³-hybridized carbons (Fsp3) is 0.917. The lowest BCUT2D eigenvalue weighted by atomic mass is 9.96. The fourth-order valence-corrected chi connectivity index (χ4v) is 2.62. The van der Waals surface area contributed by atoms with Crippen molar-refractivity contribution >= 4 is 17.3 Å². The summed E-state index contributed by atoms with van der Waals surface area (Å²) in [7, 11) is 1.71. The van der Waals surface area contributed by atoms with Gasteiger partial charge in [0, 0.05) is 13.2 Å². The minimum atomic E-state index is -0.104. The van der Waals surface area contributed by atoms with Crippen LogP contribution in [0.5, 0.6) is 0 Å². The Kier molecular flexibility index (Phi) is 5.49. The lowest BCUT2D eigenvalue weighted by Crippen LogP contribution is -2.53. The Bertz CT molecular complexity index is 225. The van der Waals surface area contributed by atoms with Crippen molar-refractivity contribution in [3.8, 4) is 0 Å². The van der Waals surface area contributed by atoms with Crippen LogP contribution >= 0.6 is 12.2 Å². The summed E-state index contributed by atoms with van der Waals surface area (Å²) in [6.45, 7) is 4.83. The molecule has 0 aromatic heterocycles. The number of rotatable bonds is 4. The molecule has 1 saturated carbocycles. The average Bonchev–Trinajstić information content (AvgIpc) is 2.17. The third kappa shape index (κ3) is 5.12. The standard InChI is InChI=1S/C12H24N2OS/c1-12(2,9-15-3)14-11(16)13-10-7-5-4-6-8-10/h10H,4-9H2,1-3H3,(H2,13,14,16). The first-order chi connectivity index (χ1) is 7.53. The van der Waals surface area contributed by atoms with Gasteiger partial charge in [-0.05, 0) is 38.9 Å². The summed E-state index contributed by atoms with van der Waals surface area (Å²) in [5, 5.41) is 7.46. The van der Waals surface area contributed by atoms with E-state index >= 15 is 0 Å². The number of ether oxygens (including phenoxy) is 1. The average molecular weight is 244 g/mol. The number of thiocarbonyl (C=S) groups is 1. The minimum Gasteiger partial charge on any atom is -0.382 e. The molecule has 94 valence electrons. The number of hydrogen-bond donors (Lipinski definition) is 2. The smallest absolute Gasteiger partial charge is 0.167 e. The molecule has 1 fully saturated rings. The van der Waals surface area contributed by atoms with E-state index in [0.29, 0.717) is 12.6 Å². The van der Waals surface area contributed by atoms with E-state index < -0.39 is 0 Å². The van der Waals surface area contributed by atoms with Gasteiger partial charge in [-0.25, -0.2) is 0 Å². The van der Waals surface area contributed by atoms with Crippen molar-refractivity contribution in [2.24, 2.45) is 0 Å². The summed E-state index contributed by atoms with van der Waals surface area (Å²) in [4.78, 5) is 0. The van der Waals surface area contributed by atoms with Gasteiger partial charge in [0.05, 0.1) is 12.1 Å². The van der Waals surface area contributed by atoms with Crippen molar-refractivity contribution in [1.29, 1.82) is 0 Å². The van der Waals surface area contributed by atoms with Gasteiger partial charge in [-0.1, -0.05) is 19.3 Å². The van der Waals surface area contributed by atoms with Crippen LogP contribution in [0.15, 0.2) is 0 Å². The molecular formula is C12H24N2OS. The molecule has 2 N–H and O–H groups in total. The summed E-state index contributed by atoms with van der Waals surface area (Å²) in [5.74, 6) is 0. The van der Waals surface area contributed by atoms with E-state index in [1.807, 2.05) is 0 Å². The van der Waals surface area contributed by atoms with Crippen LogP contribution in [0.2, 0.25) is 0 Å². The predicted molar refractivity (Wildman–Crippen MR) is 71.7 cm³/mol. The van der Waals surface area contributed by atoms with Crippen LogP contribution in [0.4, 0.5) is 0 Å². The van der Waals surface area contributed by atoms with Gasteiger partial charge >= 0.3 is 0 Å². The van der Waals surface area contributed by atoms with Gasteiger partial charge in [0.2, 0.25) is 0 Å². The third-order valence-corrected chi connectivity index (χ3v) is 3.12. The second-order valence-corrected chi connectivity index (χ2v) is 5.66. The van der Waals surface area contributed by atoms with Crippen LogP contribution in [-0.2, 0) is 4.74 Å². The predicted octanol–water partition coefficient (Wildman–Crippen LogP) is 2.21. The SMILES string of the molecule is COCC(C)(C)NC(=S)NC1CCCCC1. The van der Waals surface area contributed by atoms with E-state index in [-0.39, 0.29) is 5.54 Å². The molecule has 0 aromatic carbocycles. The number of nitrogens with one attached hydrogen (secondary N) is 2. The van der Waals surface area contributed by atoms with Crippen molar-refractivity contribution in [2.75, 3.05) is 13.7 Å². The Morgan fingerprint density at radius 2 is 1.94 bits per heavy atom. The van der Waals surface area contributed by atoms with Gasteiger partial charge < -0.3 is 15.4 Å². The maximum Gasteiger partial charge on any atom is 0.167 e. The molecule has 0 saturated heterocycles. The number of hydrogen-bond acceptors (Lipinski definition) is 2. The molecule has 1 aliphatic rings. The third-order valence-electron chi connectivity index (χ3n) is 2.90. The van der Waals surface area contributed by atoms with Crippen LogP contribution in [0.25, 0.3) is 0 Å². The van der Waals surface area contributed by atoms with Crippen molar-refractivity contribution in [3.63, 3.8) is 0 Å². The van der Waals surface area contributed by atoms with Gasteiger partial charge in [0.1, 0.15) is 0 Å². The van der Waals surface area contributed by atoms with E-state index in [4.69, 9.17) is 17.0 Å². The summed E-state index contributed by atoms with van der Waals surface area (Å²) in [5.41, 5.74) is -0.104. The van der Waals surface area contributed by atoms with E-state index in [1.54, 1.807) is 7.11 Å².